The first kappa shape index (κ1) is 21.1. The summed E-state index contributed by atoms with van der Waals surface area (Å²) in [6.07, 6.45) is 3.27. The fraction of sp³-hybridized carbons (Fsp3) is 0.125. The van der Waals surface area contributed by atoms with E-state index in [0.29, 0.717) is 15.6 Å². The van der Waals surface area contributed by atoms with Crippen molar-refractivity contribution in [3.05, 3.63) is 98.9 Å². The third-order valence-corrected chi connectivity index (χ3v) is 5.62. The van der Waals surface area contributed by atoms with E-state index in [2.05, 4.69) is 10.3 Å². The third kappa shape index (κ3) is 4.20. The minimum absolute atomic E-state index is 0.109. The summed E-state index contributed by atoms with van der Waals surface area (Å²) in [5.41, 5.74) is 4.40. The SMILES string of the molecule is Cc1ccc(NC2=C(c3ccc(Cl)cc3Cl)C(=O)N(Cc3cccnc3)C2=O)c(C)c1. The Balaban J connectivity index is 1.80. The van der Waals surface area contributed by atoms with E-state index in [0.717, 1.165) is 22.4 Å². The summed E-state index contributed by atoms with van der Waals surface area (Å²) in [6, 6.07) is 14.3. The number of hydrogen-bond acceptors (Lipinski definition) is 4. The molecule has 4 rings (SSSR count). The summed E-state index contributed by atoms with van der Waals surface area (Å²) in [5, 5.41) is 3.93. The van der Waals surface area contributed by atoms with Crippen molar-refractivity contribution in [3.63, 3.8) is 0 Å². The maximum absolute atomic E-state index is 13.4. The van der Waals surface area contributed by atoms with E-state index < -0.39 is 11.8 Å². The van der Waals surface area contributed by atoms with Crippen molar-refractivity contribution in [2.24, 2.45) is 0 Å². The summed E-state index contributed by atoms with van der Waals surface area (Å²) < 4.78 is 0. The number of anilines is 1. The van der Waals surface area contributed by atoms with Crippen LogP contribution in [0.2, 0.25) is 10.0 Å². The maximum atomic E-state index is 13.4. The Morgan fingerprint density at radius 1 is 1.00 bits per heavy atom. The summed E-state index contributed by atoms with van der Waals surface area (Å²) in [4.78, 5) is 32.0. The number of nitrogens with zero attached hydrogens (tertiary/aromatic N) is 2. The third-order valence-electron chi connectivity index (χ3n) is 5.07. The number of aryl methyl sites for hydroxylation is 2. The average Bonchev–Trinajstić information content (AvgIpc) is 2.95. The van der Waals surface area contributed by atoms with Gasteiger partial charge >= 0.3 is 0 Å². The topological polar surface area (TPSA) is 62.3 Å². The first-order valence-electron chi connectivity index (χ1n) is 9.64. The smallest absolute Gasteiger partial charge is 0.278 e. The number of carbonyl (C=O) groups excluding carboxylic acids is 2. The molecule has 0 unspecified atom stereocenters. The molecule has 1 N–H and O–H groups in total. The predicted octanol–water partition coefficient (Wildman–Crippen LogP) is 5.40. The van der Waals surface area contributed by atoms with Crippen molar-refractivity contribution in [2.45, 2.75) is 20.4 Å². The van der Waals surface area contributed by atoms with E-state index >= 15 is 0 Å². The van der Waals surface area contributed by atoms with Crippen LogP contribution in [0.25, 0.3) is 5.57 Å². The van der Waals surface area contributed by atoms with Crippen molar-refractivity contribution >= 4 is 46.3 Å². The normalized spacial score (nSPS) is 13.9. The van der Waals surface area contributed by atoms with Crippen molar-refractivity contribution in [1.29, 1.82) is 0 Å². The van der Waals surface area contributed by atoms with Gasteiger partial charge in [0.05, 0.1) is 17.1 Å². The molecule has 5 nitrogen and oxygen atoms in total. The number of halogens is 2. The van der Waals surface area contributed by atoms with Gasteiger partial charge in [0.2, 0.25) is 0 Å². The number of imide groups is 1. The van der Waals surface area contributed by atoms with Crippen LogP contribution in [0.15, 0.2) is 66.6 Å². The molecule has 0 aliphatic carbocycles. The summed E-state index contributed by atoms with van der Waals surface area (Å²) >= 11 is 12.5. The van der Waals surface area contributed by atoms with Gasteiger partial charge in [0, 0.05) is 28.7 Å². The molecule has 1 aromatic heterocycles. The molecule has 3 aromatic rings. The van der Waals surface area contributed by atoms with Crippen LogP contribution in [0.5, 0.6) is 0 Å². The van der Waals surface area contributed by atoms with Crippen LogP contribution in [0.4, 0.5) is 5.69 Å². The quantitative estimate of drug-likeness (QED) is 0.527. The molecule has 1 aliphatic rings. The second-order valence-corrected chi connectivity index (χ2v) is 8.22. The van der Waals surface area contributed by atoms with Crippen LogP contribution >= 0.6 is 23.2 Å². The molecule has 0 saturated heterocycles. The van der Waals surface area contributed by atoms with Gasteiger partial charge in [-0.15, -0.1) is 0 Å². The summed E-state index contributed by atoms with van der Waals surface area (Å²) in [6.45, 7) is 4.05. The van der Waals surface area contributed by atoms with Gasteiger partial charge in [-0.3, -0.25) is 19.5 Å². The van der Waals surface area contributed by atoms with Gasteiger partial charge in [0.1, 0.15) is 5.70 Å². The minimum Gasteiger partial charge on any atom is -0.350 e. The van der Waals surface area contributed by atoms with Crippen LogP contribution in [0.3, 0.4) is 0 Å². The standard InChI is InChI=1S/C24H19Cl2N3O2/c1-14-5-8-20(15(2)10-14)28-22-21(18-7-6-17(25)11-19(18)26)23(30)29(24(22)31)13-16-4-3-9-27-12-16/h3-12,28H,13H2,1-2H3. The molecule has 156 valence electrons. The Labute approximate surface area is 190 Å². The monoisotopic (exact) mass is 451 g/mol. The van der Waals surface area contributed by atoms with E-state index in [9.17, 15) is 9.59 Å². The van der Waals surface area contributed by atoms with Gasteiger partial charge < -0.3 is 5.32 Å². The van der Waals surface area contributed by atoms with Crippen molar-refractivity contribution in [3.8, 4) is 0 Å². The van der Waals surface area contributed by atoms with Crippen molar-refractivity contribution in [2.75, 3.05) is 5.32 Å². The zero-order valence-electron chi connectivity index (χ0n) is 16.9. The molecular weight excluding hydrogens is 433 g/mol. The van der Waals surface area contributed by atoms with Crippen molar-refractivity contribution in [1.82, 2.24) is 9.88 Å². The number of nitrogens with one attached hydrogen (secondary N) is 1. The Kier molecular flexibility index (Phi) is 5.81. The molecule has 2 amide bonds. The lowest BCUT2D eigenvalue weighted by Crippen LogP contribution is -2.32. The highest BCUT2D eigenvalue weighted by Crippen LogP contribution is 2.36. The molecule has 0 bridgehead atoms. The number of pyridine rings is 1. The molecule has 7 heteroatoms. The number of carbonyl (C=O) groups is 2. The molecule has 0 saturated carbocycles. The zero-order chi connectivity index (χ0) is 22.1. The van der Waals surface area contributed by atoms with E-state index in [-0.39, 0.29) is 17.8 Å². The molecular formula is C24H19Cl2N3O2. The Morgan fingerprint density at radius 3 is 2.48 bits per heavy atom. The van der Waals surface area contributed by atoms with Crippen LogP contribution in [-0.2, 0) is 16.1 Å². The molecule has 1 aliphatic heterocycles. The average molecular weight is 452 g/mol. The minimum atomic E-state index is -0.426. The van der Waals surface area contributed by atoms with Gasteiger partial charge in [0.25, 0.3) is 11.8 Å². The van der Waals surface area contributed by atoms with E-state index in [1.807, 2.05) is 38.1 Å². The molecule has 0 radical (unpaired) electrons. The van der Waals surface area contributed by atoms with Gasteiger partial charge in [-0.05, 0) is 49.2 Å². The molecule has 31 heavy (non-hydrogen) atoms. The number of benzene rings is 2. The second-order valence-electron chi connectivity index (χ2n) is 7.38. The highest BCUT2D eigenvalue weighted by atomic mass is 35.5. The summed E-state index contributed by atoms with van der Waals surface area (Å²) in [7, 11) is 0. The first-order valence-corrected chi connectivity index (χ1v) is 10.4. The molecule has 2 aromatic carbocycles. The lowest BCUT2D eigenvalue weighted by molar-refractivity contribution is -0.137. The highest BCUT2D eigenvalue weighted by Gasteiger charge is 2.40. The van der Waals surface area contributed by atoms with Gasteiger partial charge in [-0.1, -0.05) is 53.0 Å². The van der Waals surface area contributed by atoms with Gasteiger partial charge in [0.15, 0.2) is 0 Å². The largest absolute Gasteiger partial charge is 0.350 e. The van der Waals surface area contributed by atoms with Crippen LogP contribution in [0.1, 0.15) is 22.3 Å². The molecule has 0 fully saturated rings. The number of amides is 2. The van der Waals surface area contributed by atoms with E-state index in [4.69, 9.17) is 23.2 Å². The summed E-state index contributed by atoms with van der Waals surface area (Å²) in [5.74, 6) is -0.847. The second kappa shape index (κ2) is 8.53. The zero-order valence-corrected chi connectivity index (χ0v) is 18.5. The van der Waals surface area contributed by atoms with Gasteiger partial charge in [-0.2, -0.15) is 0 Å². The van der Waals surface area contributed by atoms with Gasteiger partial charge in [-0.25, -0.2) is 0 Å². The highest BCUT2D eigenvalue weighted by molar-refractivity contribution is 6.41. The number of rotatable bonds is 5. The Bertz CT molecular complexity index is 1220. The fourth-order valence-electron chi connectivity index (χ4n) is 3.54. The van der Waals surface area contributed by atoms with Crippen molar-refractivity contribution < 1.29 is 9.59 Å². The molecule has 2 heterocycles. The first-order chi connectivity index (χ1) is 14.8. The van der Waals surface area contributed by atoms with E-state index in [1.54, 1.807) is 36.7 Å². The maximum Gasteiger partial charge on any atom is 0.278 e. The lowest BCUT2D eigenvalue weighted by Gasteiger charge is -2.15. The van der Waals surface area contributed by atoms with Crippen LogP contribution < -0.4 is 5.32 Å². The van der Waals surface area contributed by atoms with E-state index in [1.165, 1.54) is 4.90 Å². The molecule has 0 spiro atoms. The predicted molar refractivity (Wildman–Crippen MR) is 123 cm³/mol. The fourth-order valence-corrected chi connectivity index (χ4v) is 4.04. The number of aromatic nitrogens is 1. The lowest BCUT2D eigenvalue weighted by atomic mass is 10.0. The molecule has 0 atom stereocenters. The Morgan fingerprint density at radius 2 is 1.81 bits per heavy atom. The van der Waals surface area contributed by atoms with Crippen LogP contribution in [-0.4, -0.2) is 21.7 Å². The number of hydrogen-bond donors (Lipinski definition) is 1. The van der Waals surface area contributed by atoms with Crippen LogP contribution in [0, 0.1) is 13.8 Å². The Hall–Kier alpha value is -3.15.